The van der Waals surface area contributed by atoms with Gasteiger partial charge in [-0.2, -0.15) is 11.8 Å². The lowest BCUT2D eigenvalue weighted by atomic mass is 11.9. The van der Waals surface area contributed by atoms with E-state index in [0.29, 0.717) is 0 Å². The molecule has 46 valence electrons. The predicted octanol–water partition coefficient (Wildman–Crippen LogP) is 2.33. The summed E-state index contributed by atoms with van der Waals surface area (Å²) in [7, 11) is -0.986. The van der Waals surface area contributed by atoms with Gasteiger partial charge in [-0.25, -0.2) is 0 Å². The third-order valence-corrected chi connectivity index (χ3v) is 0. The van der Waals surface area contributed by atoms with Crippen LogP contribution in [0, 0.1) is 0 Å². The number of rotatable bonds is 0. The number of halogens is 2. The van der Waals surface area contributed by atoms with E-state index in [0.717, 1.165) is 0 Å². The third-order valence-electron chi connectivity index (χ3n) is 0. The Morgan fingerprint density at radius 3 is 1.43 bits per heavy atom. The summed E-state index contributed by atoms with van der Waals surface area (Å²) in [5, 5.41) is 0. The maximum atomic E-state index is 9.39. The summed E-state index contributed by atoms with van der Waals surface area (Å²) in [6.45, 7) is 0. The molecule has 0 aliphatic heterocycles. The van der Waals surface area contributed by atoms with Crippen molar-refractivity contribution < 1.29 is 4.55 Å². The minimum atomic E-state index is -0.986. The Bertz CT molecular complexity index is 24.9. The molecule has 0 aromatic heterocycles. The van der Waals surface area contributed by atoms with E-state index >= 15 is 0 Å². The molecule has 0 aromatic rings. The van der Waals surface area contributed by atoms with Crippen LogP contribution in [0.15, 0.2) is 0 Å². The second-order valence-electron chi connectivity index (χ2n) is 0.593. The summed E-state index contributed by atoms with van der Waals surface area (Å²) < 4.78 is 9.39. The zero-order chi connectivity index (χ0) is 6.28. The Hall–Kier alpha value is 1.62. The van der Waals surface area contributed by atoms with Gasteiger partial charge in [0.25, 0.3) is 0 Å². The fourth-order valence-corrected chi connectivity index (χ4v) is 0. The zero-order valence-electron chi connectivity index (χ0n) is 3.98. The van der Waals surface area contributed by atoms with E-state index in [1.165, 1.54) is 0 Å². The Morgan fingerprint density at radius 2 is 1.43 bits per heavy atom. The van der Waals surface area contributed by atoms with E-state index in [9.17, 15) is 4.55 Å². The Balaban J connectivity index is 0. The van der Waals surface area contributed by atoms with Crippen LogP contribution in [0.5, 0.6) is 0 Å². The summed E-state index contributed by atoms with van der Waals surface area (Å²) in [5.74, 6) is 0. The second kappa shape index (κ2) is 10.6. The summed E-state index contributed by atoms with van der Waals surface area (Å²) >= 11 is 7.07. The first kappa shape index (κ1) is 11.4. The second-order valence-corrected chi connectivity index (χ2v) is 7.91. The molecule has 0 N–H and O–H groups in total. The van der Waals surface area contributed by atoms with Crippen molar-refractivity contribution in [3.8, 4) is 0 Å². The van der Waals surface area contributed by atoms with Crippen LogP contribution in [0.25, 0.3) is 0 Å². The molecule has 0 spiro atoms. The highest BCUT2D eigenvalue weighted by atomic mass is 79.9. The molecule has 0 rings (SSSR count). The normalized spacial score (nSPS) is 7.71. The molecule has 0 amide bonds. The molecule has 7 heavy (non-hydrogen) atoms. The number of thioether (sulfide) groups is 1. The lowest BCUT2D eigenvalue weighted by Crippen LogP contribution is -1.60. The van der Waals surface area contributed by atoms with Crippen LogP contribution in [0.3, 0.4) is 0 Å². The van der Waals surface area contributed by atoms with E-state index in [1.807, 2.05) is 12.5 Å². The van der Waals surface area contributed by atoms with Crippen LogP contribution in [-0.4, -0.2) is 17.1 Å². The van der Waals surface area contributed by atoms with Crippen LogP contribution in [-0.2, 0) is 8.04 Å². The average Bonchev–Trinajstić information content (AvgIpc) is 1.33. The maximum Gasteiger partial charge on any atom is 0.244 e. The minimum Gasteiger partial charge on any atom is -0.596 e. The fraction of sp³-hybridized carbons (Fsp3) is 1.00. The van der Waals surface area contributed by atoms with Gasteiger partial charge in [0.15, 0.2) is 0 Å². The molecule has 0 saturated heterocycles. The Morgan fingerprint density at radius 1 is 1.43 bits per heavy atom. The molecule has 0 heterocycles. The van der Waals surface area contributed by atoms with Crippen molar-refractivity contribution in [3.63, 3.8) is 0 Å². The molecule has 0 radical (unpaired) electrons. The molecule has 0 aromatic carbocycles. The van der Waals surface area contributed by atoms with Gasteiger partial charge in [-0.05, 0) is 12.5 Å². The first-order chi connectivity index (χ1) is 3.15. The average molecular weight is 270 g/mol. The van der Waals surface area contributed by atoms with E-state index in [-0.39, 0.29) is 0 Å². The summed E-state index contributed by atoms with van der Waals surface area (Å²) in [6, 6.07) is 0. The lowest BCUT2D eigenvalue weighted by Gasteiger charge is -1.75. The van der Waals surface area contributed by atoms with Crippen molar-refractivity contribution >= 4 is 49.4 Å². The largest absolute Gasteiger partial charge is 0.596 e. The van der Waals surface area contributed by atoms with E-state index in [1.54, 1.807) is 11.8 Å². The van der Waals surface area contributed by atoms with Crippen molar-refractivity contribution in [1.82, 2.24) is 0 Å². The predicted molar refractivity (Wildman–Crippen MR) is 45.4 cm³/mol. The molecular weight excluding hydrogens is 264 g/mol. The minimum absolute atomic E-state index is 0.986. The van der Waals surface area contributed by atoms with Gasteiger partial charge in [-0.1, -0.05) is 0 Å². The van der Waals surface area contributed by atoms with Crippen molar-refractivity contribution in [2.45, 2.75) is 0 Å². The topological polar surface area (TPSA) is 23.1 Å². The van der Waals surface area contributed by atoms with Crippen LogP contribution < -0.4 is 0 Å². The van der Waals surface area contributed by atoms with Crippen molar-refractivity contribution in [2.24, 2.45) is 0 Å². The van der Waals surface area contributed by atoms with Gasteiger partial charge in [0.2, 0.25) is 29.6 Å². The first-order valence-corrected chi connectivity index (χ1v) is 7.76. The highest BCUT2D eigenvalue weighted by Crippen LogP contribution is 2.06. The van der Waals surface area contributed by atoms with Gasteiger partial charge in [0.05, 0.1) is 0 Å². The number of hydrogen-bond donors (Lipinski definition) is 0. The first-order valence-electron chi connectivity index (χ1n) is 1.29. The molecular formula is C2H6Br2OS2. The molecule has 0 atom stereocenters. The molecule has 0 bridgehead atoms. The molecule has 0 aliphatic carbocycles. The van der Waals surface area contributed by atoms with Gasteiger partial charge in [0, 0.05) is 0 Å². The highest BCUT2D eigenvalue weighted by Gasteiger charge is 1.81. The highest BCUT2D eigenvalue weighted by molar-refractivity contribution is 9.79. The van der Waals surface area contributed by atoms with Crippen molar-refractivity contribution in [3.05, 3.63) is 0 Å². The molecule has 0 fully saturated rings. The van der Waals surface area contributed by atoms with E-state index in [2.05, 4.69) is 29.6 Å². The van der Waals surface area contributed by atoms with Crippen LogP contribution in [0.2, 0.25) is 0 Å². The third kappa shape index (κ3) is 91.7. The quantitative estimate of drug-likeness (QED) is 0.630. The monoisotopic (exact) mass is 268 g/mol. The zero-order valence-corrected chi connectivity index (χ0v) is 8.79. The maximum absolute atomic E-state index is 9.39. The standard InChI is InChI=1S/C2H6S.Br2OS/c1-3-2;1-4(2)3/h1-2H3;. The van der Waals surface area contributed by atoms with Gasteiger partial charge in [-0.15, -0.1) is 0 Å². The summed E-state index contributed by atoms with van der Waals surface area (Å²) in [4.78, 5) is 0. The van der Waals surface area contributed by atoms with Gasteiger partial charge in [-0.3, -0.25) is 0 Å². The van der Waals surface area contributed by atoms with E-state index in [4.69, 9.17) is 0 Å². The van der Waals surface area contributed by atoms with Crippen molar-refractivity contribution in [2.75, 3.05) is 12.5 Å². The van der Waals surface area contributed by atoms with Crippen molar-refractivity contribution in [1.29, 1.82) is 0 Å². The fourth-order valence-electron chi connectivity index (χ4n) is 0. The SMILES string of the molecule is CSC.[O-][S+](Br)Br. The summed E-state index contributed by atoms with van der Waals surface area (Å²) in [5.41, 5.74) is 0. The van der Waals surface area contributed by atoms with Gasteiger partial charge in [0.1, 0.15) is 8.04 Å². The van der Waals surface area contributed by atoms with Gasteiger partial charge < -0.3 is 4.55 Å². The van der Waals surface area contributed by atoms with Gasteiger partial charge >= 0.3 is 0 Å². The molecule has 0 saturated carbocycles. The molecule has 5 heteroatoms. The Labute approximate surface area is 66.2 Å². The molecule has 1 nitrogen and oxygen atoms in total. The Kier molecular flexibility index (Phi) is 17.3. The molecule has 0 aliphatic rings. The van der Waals surface area contributed by atoms with Crippen LogP contribution in [0.1, 0.15) is 0 Å². The summed E-state index contributed by atoms with van der Waals surface area (Å²) in [6.07, 6.45) is 4.08. The van der Waals surface area contributed by atoms with E-state index < -0.39 is 8.04 Å². The number of hydrogen-bond acceptors (Lipinski definition) is 2. The molecule has 0 unspecified atom stereocenters. The smallest absolute Gasteiger partial charge is 0.244 e. The van der Waals surface area contributed by atoms with Crippen LogP contribution >= 0.6 is 41.4 Å². The van der Waals surface area contributed by atoms with Crippen LogP contribution in [0.4, 0.5) is 0 Å². The lowest BCUT2D eigenvalue weighted by molar-refractivity contribution is 0.624.